The molecule has 0 radical (unpaired) electrons. The molecule has 0 N–H and O–H groups in total. The third-order valence-corrected chi connectivity index (χ3v) is 5.43. The Bertz CT molecular complexity index is 997. The molecule has 2 aromatic rings. The highest BCUT2D eigenvalue weighted by Gasteiger charge is 2.28. The fourth-order valence-corrected chi connectivity index (χ4v) is 4.04. The molecule has 7 heteroatoms. The molecule has 1 aromatic heterocycles. The summed E-state index contributed by atoms with van der Waals surface area (Å²) in [6.45, 7) is 1.56. The highest BCUT2D eigenvalue weighted by atomic mass is 16.5. The maximum atomic E-state index is 12.1. The molecule has 0 fully saturated rings. The summed E-state index contributed by atoms with van der Waals surface area (Å²) in [4.78, 5) is 14.4. The van der Waals surface area contributed by atoms with Gasteiger partial charge in [0.15, 0.2) is 11.5 Å². The molecule has 1 aliphatic heterocycles. The summed E-state index contributed by atoms with van der Waals surface area (Å²) >= 11 is 0. The summed E-state index contributed by atoms with van der Waals surface area (Å²) < 4.78 is 15.8. The number of aromatic nitrogens is 2. The molecule has 0 unspecified atom stereocenters. The molecule has 1 aromatic carbocycles. The van der Waals surface area contributed by atoms with Crippen molar-refractivity contribution in [2.24, 2.45) is 0 Å². The predicted octanol–water partition coefficient (Wildman–Crippen LogP) is 3.05. The molecule has 0 saturated heterocycles. The molecule has 0 saturated carbocycles. The first-order valence-electron chi connectivity index (χ1n) is 9.28. The van der Waals surface area contributed by atoms with Gasteiger partial charge >= 0.3 is 5.97 Å². The quantitative estimate of drug-likeness (QED) is 0.754. The van der Waals surface area contributed by atoms with Crippen molar-refractivity contribution in [3.63, 3.8) is 0 Å². The summed E-state index contributed by atoms with van der Waals surface area (Å²) in [5, 5.41) is 9.41. The highest BCUT2D eigenvalue weighted by molar-refractivity contribution is 5.95. The highest BCUT2D eigenvalue weighted by Crippen LogP contribution is 2.38. The molecule has 0 atom stereocenters. The zero-order valence-corrected chi connectivity index (χ0v) is 16.3. The molecule has 4 rings (SSSR count). The first-order valence-corrected chi connectivity index (χ1v) is 9.28. The van der Waals surface area contributed by atoms with E-state index in [9.17, 15) is 4.79 Å². The number of carbonyl (C=O) groups excluding carboxylic acids is 1. The summed E-state index contributed by atoms with van der Waals surface area (Å²) in [5.41, 5.74) is 4.92. The van der Waals surface area contributed by atoms with Crippen LogP contribution >= 0.6 is 0 Å². The topological polar surface area (TPSA) is 73.8 Å². The Labute approximate surface area is 163 Å². The van der Waals surface area contributed by atoms with Crippen molar-refractivity contribution in [2.45, 2.75) is 19.3 Å². The SMILES string of the molecule is COC(=O)C1=CCCC2=C1CCN(c1cnnc3cc(OC)c(OC)cc13)C2. The van der Waals surface area contributed by atoms with E-state index < -0.39 is 0 Å². The van der Waals surface area contributed by atoms with E-state index >= 15 is 0 Å². The average Bonchev–Trinajstić information content (AvgIpc) is 2.76. The molecule has 0 amide bonds. The molecule has 0 spiro atoms. The number of esters is 1. The summed E-state index contributed by atoms with van der Waals surface area (Å²) in [5.74, 6) is 1.05. The third-order valence-electron chi connectivity index (χ3n) is 5.43. The number of rotatable bonds is 4. The van der Waals surface area contributed by atoms with E-state index in [1.165, 1.54) is 12.7 Å². The second-order valence-corrected chi connectivity index (χ2v) is 6.86. The van der Waals surface area contributed by atoms with Crippen molar-refractivity contribution in [1.82, 2.24) is 10.2 Å². The van der Waals surface area contributed by atoms with Gasteiger partial charge in [0.25, 0.3) is 0 Å². The van der Waals surface area contributed by atoms with Gasteiger partial charge in [0.2, 0.25) is 0 Å². The van der Waals surface area contributed by atoms with Crippen LogP contribution in [0.4, 0.5) is 5.69 Å². The fraction of sp³-hybridized carbons (Fsp3) is 0.381. The molecule has 7 nitrogen and oxygen atoms in total. The van der Waals surface area contributed by atoms with Crippen LogP contribution < -0.4 is 14.4 Å². The minimum Gasteiger partial charge on any atom is -0.493 e. The molecule has 2 aliphatic rings. The summed E-state index contributed by atoms with van der Waals surface area (Å²) in [7, 11) is 4.66. The van der Waals surface area contributed by atoms with Crippen LogP contribution in [0.15, 0.2) is 41.1 Å². The van der Waals surface area contributed by atoms with Crippen LogP contribution in [0.3, 0.4) is 0 Å². The number of hydrogen-bond donors (Lipinski definition) is 0. The molecule has 2 heterocycles. The van der Waals surface area contributed by atoms with Gasteiger partial charge in [0.1, 0.15) is 0 Å². The Balaban J connectivity index is 1.72. The number of methoxy groups -OCH3 is 3. The van der Waals surface area contributed by atoms with Crippen molar-refractivity contribution in [1.29, 1.82) is 0 Å². The number of ether oxygens (including phenoxy) is 3. The second kappa shape index (κ2) is 7.50. The zero-order chi connectivity index (χ0) is 19.7. The number of hydrogen-bond acceptors (Lipinski definition) is 7. The lowest BCUT2D eigenvalue weighted by molar-refractivity contribution is -0.135. The first kappa shape index (κ1) is 18.3. The molecular weight excluding hydrogens is 358 g/mol. The Morgan fingerprint density at radius 3 is 2.64 bits per heavy atom. The number of nitrogens with zero attached hydrogens (tertiary/aromatic N) is 3. The Hall–Kier alpha value is -3.09. The van der Waals surface area contributed by atoms with E-state index in [1.807, 2.05) is 18.2 Å². The van der Waals surface area contributed by atoms with Crippen molar-refractivity contribution >= 4 is 22.6 Å². The Kier molecular flexibility index (Phi) is 4.90. The zero-order valence-electron chi connectivity index (χ0n) is 16.3. The number of anilines is 1. The molecule has 0 bridgehead atoms. The van der Waals surface area contributed by atoms with Gasteiger partial charge in [0.05, 0.1) is 44.3 Å². The van der Waals surface area contributed by atoms with Crippen LogP contribution in [-0.4, -0.2) is 50.6 Å². The van der Waals surface area contributed by atoms with E-state index in [0.29, 0.717) is 11.5 Å². The normalized spacial score (nSPS) is 16.5. The summed E-state index contributed by atoms with van der Waals surface area (Å²) in [6.07, 6.45) is 6.41. The number of fused-ring (bicyclic) bond motifs is 1. The first-order chi connectivity index (χ1) is 13.7. The van der Waals surface area contributed by atoms with Crippen molar-refractivity contribution in [3.05, 3.63) is 41.1 Å². The van der Waals surface area contributed by atoms with E-state index in [1.54, 1.807) is 20.4 Å². The van der Waals surface area contributed by atoms with Gasteiger partial charge in [-0.05, 0) is 36.5 Å². The van der Waals surface area contributed by atoms with E-state index in [0.717, 1.165) is 60.1 Å². The largest absolute Gasteiger partial charge is 0.493 e. The molecule has 146 valence electrons. The van der Waals surface area contributed by atoms with E-state index in [4.69, 9.17) is 14.2 Å². The Morgan fingerprint density at radius 1 is 1.11 bits per heavy atom. The fourth-order valence-electron chi connectivity index (χ4n) is 4.04. The van der Waals surface area contributed by atoms with Gasteiger partial charge in [-0.2, -0.15) is 10.2 Å². The van der Waals surface area contributed by atoms with Gasteiger partial charge in [-0.15, -0.1) is 0 Å². The summed E-state index contributed by atoms with van der Waals surface area (Å²) in [6, 6.07) is 3.79. The van der Waals surface area contributed by atoms with Crippen LogP contribution in [-0.2, 0) is 9.53 Å². The van der Waals surface area contributed by atoms with Gasteiger partial charge < -0.3 is 19.1 Å². The van der Waals surface area contributed by atoms with Crippen LogP contribution in [0, 0.1) is 0 Å². The second-order valence-electron chi connectivity index (χ2n) is 6.86. The van der Waals surface area contributed by atoms with Crippen molar-refractivity contribution in [2.75, 3.05) is 39.3 Å². The van der Waals surface area contributed by atoms with Crippen LogP contribution in [0.25, 0.3) is 10.9 Å². The van der Waals surface area contributed by atoms with Crippen LogP contribution in [0.5, 0.6) is 11.5 Å². The Morgan fingerprint density at radius 2 is 1.89 bits per heavy atom. The number of carbonyl (C=O) groups is 1. The maximum absolute atomic E-state index is 12.1. The van der Waals surface area contributed by atoms with Gasteiger partial charge in [-0.3, -0.25) is 0 Å². The van der Waals surface area contributed by atoms with Crippen LogP contribution in [0.2, 0.25) is 0 Å². The average molecular weight is 381 g/mol. The molecule has 28 heavy (non-hydrogen) atoms. The lowest BCUT2D eigenvalue weighted by Crippen LogP contribution is -2.34. The maximum Gasteiger partial charge on any atom is 0.337 e. The van der Waals surface area contributed by atoms with Crippen molar-refractivity contribution < 1.29 is 19.0 Å². The lowest BCUT2D eigenvalue weighted by atomic mass is 9.86. The van der Waals surface area contributed by atoms with E-state index in [-0.39, 0.29) is 5.97 Å². The predicted molar refractivity (Wildman–Crippen MR) is 106 cm³/mol. The van der Waals surface area contributed by atoms with Gasteiger partial charge in [-0.25, -0.2) is 4.79 Å². The van der Waals surface area contributed by atoms with Gasteiger partial charge in [0, 0.05) is 24.5 Å². The van der Waals surface area contributed by atoms with E-state index in [2.05, 4.69) is 15.1 Å². The van der Waals surface area contributed by atoms with Gasteiger partial charge in [-0.1, -0.05) is 6.08 Å². The standard InChI is InChI=1S/C21H23N3O4/c1-26-19-9-16-17(10-20(19)27-2)23-22-11-18(16)24-8-7-14-13(12-24)5-4-6-15(14)21(25)28-3/h6,9-11H,4-5,7-8,12H2,1-3H3. The smallest absolute Gasteiger partial charge is 0.337 e. The number of benzene rings is 1. The third kappa shape index (κ3) is 3.06. The minimum atomic E-state index is -0.242. The molecular formula is C21H23N3O4. The minimum absolute atomic E-state index is 0.242. The lowest BCUT2D eigenvalue weighted by Gasteiger charge is -2.35. The van der Waals surface area contributed by atoms with Crippen LogP contribution in [0.1, 0.15) is 19.3 Å². The number of allylic oxidation sites excluding steroid dienone is 1. The molecule has 1 aliphatic carbocycles. The monoisotopic (exact) mass is 381 g/mol. The van der Waals surface area contributed by atoms with Crippen molar-refractivity contribution in [3.8, 4) is 11.5 Å².